The van der Waals surface area contributed by atoms with E-state index in [9.17, 15) is 9.90 Å². The maximum atomic E-state index is 11.2. The van der Waals surface area contributed by atoms with E-state index in [2.05, 4.69) is 5.32 Å². The van der Waals surface area contributed by atoms with Crippen LogP contribution in [0.1, 0.15) is 40.0 Å². The van der Waals surface area contributed by atoms with Gasteiger partial charge in [0.2, 0.25) is 0 Å². The fourth-order valence-electron chi connectivity index (χ4n) is 1.66. The van der Waals surface area contributed by atoms with Crippen molar-refractivity contribution in [3.8, 4) is 0 Å². The van der Waals surface area contributed by atoms with Gasteiger partial charge in [-0.15, -0.1) is 0 Å². The van der Waals surface area contributed by atoms with Gasteiger partial charge in [0.15, 0.2) is 0 Å². The van der Waals surface area contributed by atoms with E-state index in [1.165, 1.54) is 0 Å². The molecule has 0 saturated heterocycles. The Kier molecular flexibility index (Phi) is 8.97. The highest BCUT2D eigenvalue weighted by Crippen LogP contribution is 2.13. The van der Waals surface area contributed by atoms with Crippen LogP contribution in [-0.4, -0.2) is 49.6 Å². The van der Waals surface area contributed by atoms with Gasteiger partial charge in [-0.25, -0.2) is 0 Å². The standard InChI is InChI=1S/C13H27NO4/c1-5-8-14-13(3,12(15)16)7-6-9-18-11(2)10-17-4/h11,14H,5-10H2,1-4H3,(H,15,16). The fourth-order valence-corrected chi connectivity index (χ4v) is 1.66. The van der Waals surface area contributed by atoms with E-state index >= 15 is 0 Å². The molecule has 0 rings (SSSR count). The van der Waals surface area contributed by atoms with Gasteiger partial charge in [-0.1, -0.05) is 6.92 Å². The number of rotatable bonds is 11. The molecule has 5 nitrogen and oxygen atoms in total. The molecule has 0 bridgehead atoms. The Labute approximate surface area is 110 Å². The highest BCUT2D eigenvalue weighted by atomic mass is 16.5. The van der Waals surface area contributed by atoms with Crippen LogP contribution in [-0.2, 0) is 14.3 Å². The summed E-state index contributed by atoms with van der Waals surface area (Å²) in [5, 5.41) is 12.3. The zero-order valence-corrected chi connectivity index (χ0v) is 12.0. The van der Waals surface area contributed by atoms with Gasteiger partial charge in [0.05, 0.1) is 12.7 Å². The summed E-state index contributed by atoms with van der Waals surface area (Å²) in [6, 6.07) is 0. The lowest BCUT2D eigenvalue weighted by Crippen LogP contribution is -2.49. The smallest absolute Gasteiger partial charge is 0.323 e. The molecule has 0 aromatic rings. The Morgan fingerprint density at radius 2 is 2.17 bits per heavy atom. The lowest BCUT2D eigenvalue weighted by Gasteiger charge is -2.26. The Hall–Kier alpha value is -0.650. The second kappa shape index (κ2) is 9.30. The Morgan fingerprint density at radius 3 is 2.67 bits per heavy atom. The van der Waals surface area contributed by atoms with Crippen LogP contribution in [0.25, 0.3) is 0 Å². The van der Waals surface area contributed by atoms with Gasteiger partial charge in [0, 0.05) is 13.7 Å². The molecule has 0 spiro atoms. The average molecular weight is 261 g/mol. The number of ether oxygens (including phenoxy) is 2. The summed E-state index contributed by atoms with van der Waals surface area (Å²) in [5.41, 5.74) is -0.857. The molecule has 18 heavy (non-hydrogen) atoms. The maximum Gasteiger partial charge on any atom is 0.323 e. The first-order chi connectivity index (χ1) is 8.46. The molecule has 0 saturated carbocycles. The molecule has 0 aromatic carbocycles. The van der Waals surface area contributed by atoms with Gasteiger partial charge < -0.3 is 19.9 Å². The van der Waals surface area contributed by atoms with Crippen molar-refractivity contribution in [2.75, 3.05) is 26.9 Å². The molecule has 0 aromatic heterocycles. The first-order valence-electron chi connectivity index (χ1n) is 6.55. The van der Waals surface area contributed by atoms with Gasteiger partial charge in [0.1, 0.15) is 5.54 Å². The topological polar surface area (TPSA) is 67.8 Å². The van der Waals surface area contributed by atoms with Gasteiger partial charge in [-0.3, -0.25) is 4.79 Å². The third-order valence-corrected chi connectivity index (χ3v) is 2.86. The van der Waals surface area contributed by atoms with E-state index in [0.717, 1.165) is 6.42 Å². The first-order valence-corrected chi connectivity index (χ1v) is 6.55. The number of carboxylic acids is 1. The summed E-state index contributed by atoms with van der Waals surface area (Å²) in [6.07, 6.45) is 2.24. The van der Waals surface area contributed by atoms with Gasteiger partial charge in [-0.2, -0.15) is 0 Å². The van der Waals surface area contributed by atoms with Crippen LogP contribution in [0.2, 0.25) is 0 Å². The first kappa shape index (κ1) is 17.4. The molecule has 0 heterocycles. The number of hydrogen-bond acceptors (Lipinski definition) is 4. The predicted molar refractivity (Wildman–Crippen MR) is 70.9 cm³/mol. The minimum Gasteiger partial charge on any atom is -0.480 e. The van der Waals surface area contributed by atoms with Crippen LogP contribution in [0.5, 0.6) is 0 Å². The number of hydrogen-bond donors (Lipinski definition) is 2. The van der Waals surface area contributed by atoms with Gasteiger partial charge in [-0.05, 0) is 39.7 Å². The van der Waals surface area contributed by atoms with Gasteiger partial charge in [0.25, 0.3) is 0 Å². The number of carbonyl (C=O) groups is 1. The molecule has 0 aliphatic heterocycles. The van der Waals surface area contributed by atoms with Crippen LogP contribution in [0.15, 0.2) is 0 Å². The molecular weight excluding hydrogens is 234 g/mol. The monoisotopic (exact) mass is 261 g/mol. The van der Waals surface area contributed by atoms with E-state index in [4.69, 9.17) is 9.47 Å². The van der Waals surface area contributed by atoms with Crippen LogP contribution >= 0.6 is 0 Å². The van der Waals surface area contributed by atoms with Crippen molar-refractivity contribution >= 4 is 5.97 Å². The van der Waals surface area contributed by atoms with Crippen molar-refractivity contribution in [3.05, 3.63) is 0 Å². The minimum atomic E-state index is -0.857. The molecule has 0 aliphatic rings. The zero-order chi connectivity index (χ0) is 14.0. The molecular formula is C13H27NO4. The lowest BCUT2D eigenvalue weighted by atomic mass is 9.96. The fraction of sp³-hybridized carbons (Fsp3) is 0.923. The van der Waals surface area contributed by atoms with Crippen molar-refractivity contribution in [2.45, 2.75) is 51.7 Å². The van der Waals surface area contributed by atoms with E-state index in [1.807, 2.05) is 13.8 Å². The van der Waals surface area contributed by atoms with Crippen LogP contribution in [0, 0.1) is 0 Å². The maximum absolute atomic E-state index is 11.2. The van der Waals surface area contributed by atoms with Gasteiger partial charge >= 0.3 is 5.97 Å². The average Bonchev–Trinajstić information content (AvgIpc) is 2.32. The Morgan fingerprint density at radius 1 is 1.50 bits per heavy atom. The van der Waals surface area contributed by atoms with Crippen LogP contribution in [0.3, 0.4) is 0 Å². The van der Waals surface area contributed by atoms with E-state index in [1.54, 1.807) is 14.0 Å². The minimum absolute atomic E-state index is 0.0506. The summed E-state index contributed by atoms with van der Waals surface area (Å²) >= 11 is 0. The van der Waals surface area contributed by atoms with E-state index in [0.29, 0.717) is 32.6 Å². The van der Waals surface area contributed by atoms with Crippen molar-refractivity contribution in [1.29, 1.82) is 0 Å². The molecule has 2 N–H and O–H groups in total. The number of aliphatic carboxylic acids is 1. The number of methoxy groups -OCH3 is 1. The molecule has 108 valence electrons. The van der Waals surface area contributed by atoms with Crippen molar-refractivity contribution in [1.82, 2.24) is 5.32 Å². The Bertz CT molecular complexity index is 235. The summed E-state index contributed by atoms with van der Waals surface area (Å²) in [7, 11) is 1.63. The SMILES string of the molecule is CCCNC(C)(CCCOC(C)COC)C(=O)O. The molecule has 0 aliphatic carbocycles. The van der Waals surface area contributed by atoms with E-state index in [-0.39, 0.29) is 6.10 Å². The number of carboxylic acid groups (broad SMARTS) is 1. The van der Waals surface area contributed by atoms with Crippen LogP contribution < -0.4 is 5.32 Å². The molecule has 0 radical (unpaired) electrons. The molecule has 5 heteroatoms. The predicted octanol–water partition coefficient (Wildman–Crippen LogP) is 1.66. The van der Waals surface area contributed by atoms with Crippen molar-refractivity contribution in [3.63, 3.8) is 0 Å². The van der Waals surface area contributed by atoms with Crippen molar-refractivity contribution in [2.24, 2.45) is 0 Å². The molecule has 2 unspecified atom stereocenters. The third-order valence-electron chi connectivity index (χ3n) is 2.86. The summed E-state index contributed by atoms with van der Waals surface area (Å²) < 4.78 is 10.5. The third kappa shape index (κ3) is 6.93. The Balaban J connectivity index is 3.94. The normalized spacial score (nSPS) is 16.2. The number of nitrogens with one attached hydrogen (secondary N) is 1. The summed E-state index contributed by atoms with van der Waals surface area (Å²) in [5.74, 6) is -0.805. The largest absolute Gasteiger partial charge is 0.480 e. The highest BCUT2D eigenvalue weighted by Gasteiger charge is 2.31. The highest BCUT2D eigenvalue weighted by molar-refractivity contribution is 5.78. The summed E-state index contributed by atoms with van der Waals surface area (Å²) in [6.45, 7) is 7.51. The van der Waals surface area contributed by atoms with Crippen molar-refractivity contribution < 1.29 is 19.4 Å². The molecule has 0 fully saturated rings. The van der Waals surface area contributed by atoms with E-state index < -0.39 is 11.5 Å². The van der Waals surface area contributed by atoms with Crippen LogP contribution in [0.4, 0.5) is 0 Å². The second-order valence-electron chi connectivity index (χ2n) is 4.80. The lowest BCUT2D eigenvalue weighted by molar-refractivity contribution is -0.144. The second-order valence-corrected chi connectivity index (χ2v) is 4.80. The molecule has 0 amide bonds. The quantitative estimate of drug-likeness (QED) is 0.554. The molecule has 2 atom stereocenters. The summed E-state index contributed by atoms with van der Waals surface area (Å²) in [4.78, 5) is 11.2. The zero-order valence-electron chi connectivity index (χ0n) is 12.0.